The van der Waals surface area contributed by atoms with Crippen LogP contribution in [0.4, 0.5) is 0 Å². The number of rotatable bonds is 5. The van der Waals surface area contributed by atoms with E-state index in [1.807, 2.05) is 43.3 Å². The Morgan fingerprint density at radius 1 is 1.17 bits per heavy atom. The first-order valence-corrected chi connectivity index (χ1v) is 8.30. The van der Waals surface area contributed by atoms with Gasteiger partial charge in [-0.1, -0.05) is 59.3 Å². The molecular weight excluding hydrogens is 332 g/mol. The van der Waals surface area contributed by atoms with Gasteiger partial charge in [-0.2, -0.15) is 0 Å². The number of Topliss-reactive ketones (excluding diaryl/α,β-unsaturated/α-hetero) is 1. The second kappa shape index (κ2) is 6.98. The minimum Gasteiger partial charge on any atom is -0.411 e. The van der Waals surface area contributed by atoms with Gasteiger partial charge in [0.05, 0.1) is 5.75 Å². The highest BCUT2D eigenvalue weighted by Gasteiger charge is 2.12. The Morgan fingerprint density at radius 2 is 1.96 bits per heavy atom. The number of carbonyl (C=O) groups is 1. The topological polar surface area (TPSA) is 56.0 Å². The van der Waals surface area contributed by atoms with E-state index in [1.165, 1.54) is 11.8 Å². The molecule has 1 heterocycles. The Balaban J connectivity index is 1.65. The fourth-order valence-corrected chi connectivity index (χ4v) is 2.80. The molecule has 0 saturated carbocycles. The molecule has 0 spiro atoms. The third kappa shape index (κ3) is 4.00. The van der Waals surface area contributed by atoms with Crippen molar-refractivity contribution in [1.82, 2.24) is 10.2 Å². The molecule has 0 fully saturated rings. The van der Waals surface area contributed by atoms with Gasteiger partial charge in [-0.3, -0.25) is 4.79 Å². The fourth-order valence-electron chi connectivity index (χ4n) is 1.96. The Labute approximate surface area is 142 Å². The summed E-state index contributed by atoms with van der Waals surface area (Å²) in [6.45, 7) is 1.98. The van der Waals surface area contributed by atoms with Gasteiger partial charge in [-0.05, 0) is 25.1 Å². The molecule has 0 aliphatic carbocycles. The molecule has 0 atom stereocenters. The second-order valence-corrected chi connectivity index (χ2v) is 6.32. The van der Waals surface area contributed by atoms with Crippen molar-refractivity contribution < 1.29 is 9.21 Å². The van der Waals surface area contributed by atoms with Crippen LogP contribution in [-0.2, 0) is 0 Å². The number of aromatic nitrogens is 2. The van der Waals surface area contributed by atoms with Crippen molar-refractivity contribution in [1.29, 1.82) is 0 Å². The van der Waals surface area contributed by atoms with E-state index in [9.17, 15) is 4.79 Å². The van der Waals surface area contributed by atoms with Gasteiger partial charge < -0.3 is 4.42 Å². The Morgan fingerprint density at radius 3 is 2.70 bits per heavy atom. The predicted molar refractivity (Wildman–Crippen MR) is 91.0 cm³/mol. The number of aryl methyl sites for hydroxylation is 1. The molecule has 23 heavy (non-hydrogen) atoms. The number of carbonyl (C=O) groups excluding carboxylic acids is 1. The van der Waals surface area contributed by atoms with Crippen molar-refractivity contribution in [3.05, 3.63) is 64.7 Å². The molecule has 116 valence electrons. The van der Waals surface area contributed by atoms with Crippen LogP contribution in [0.5, 0.6) is 0 Å². The van der Waals surface area contributed by atoms with E-state index >= 15 is 0 Å². The van der Waals surface area contributed by atoms with Crippen LogP contribution in [0.25, 0.3) is 11.5 Å². The van der Waals surface area contributed by atoms with Crippen molar-refractivity contribution in [2.75, 3.05) is 5.75 Å². The minimum absolute atomic E-state index is 0.0255. The van der Waals surface area contributed by atoms with Crippen molar-refractivity contribution >= 4 is 29.1 Å². The molecule has 0 aliphatic rings. The molecule has 2 aromatic carbocycles. The van der Waals surface area contributed by atoms with Gasteiger partial charge in [0.15, 0.2) is 5.78 Å². The van der Waals surface area contributed by atoms with Crippen molar-refractivity contribution in [2.45, 2.75) is 12.1 Å². The average molecular weight is 345 g/mol. The molecule has 3 rings (SSSR count). The Hall–Kier alpha value is -2.11. The molecule has 1 aromatic heterocycles. The van der Waals surface area contributed by atoms with E-state index < -0.39 is 0 Å². The summed E-state index contributed by atoms with van der Waals surface area (Å²) in [4.78, 5) is 12.1. The van der Waals surface area contributed by atoms with Gasteiger partial charge in [0.2, 0.25) is 5.89 Å². The van der Waals surface area contributed by atoms with Crippen LogP contribution < -0.4 is 0 Å². The van der Waals surface area contributed by atoms with Gasteiger partial charge in [0.1, 0.15) is 0 Å². The lowest BCUT2D eigenvalue weighted by molar-refractivity contribution is 0.102. The third-order valence-corrected chi connectivity index (χ3v) is 4.23. The number of hydrogen-bond donors (Lipinski definition) is 0. The number of nitrogens with zero attached hydrogens (tertiary/aromatic N) is 2. The number of thioether (sulfide) groups is 1. The maximum Gasteiger partial charge on any atom is 0.277 e. The van der Waals surface area contributed by atoms with Crippen LogP contribution in [-0.4, -0.2) is 21.7 Å². The summed E-state index contributed by atoms with van der Waals surface area (Å²) in [5, 5.41) is 8.90. The smallest absolute Gasteiger partial charge is 0.277 e. The quantitative estimate of drug-likeness (QED) is 0.497. The number of hydrogen-bond acceptors (Lipinski definition) is 5. The first-order valence-electron chi connectivity index (χ1n) is 6.94. The molecule has 4 nitrogen and oxygen atoms in total. The lowest BCUT2D eigenvalue weighted by Gasteiger charge is -1.99. The van der Waals surface area contributed by atoms with E-state index in [-0.39, 0.29) is 11.5 Å². The van der Waals surface area contributed by atoms with E-state index in [1.54, 1.807) is 12.1 Å². The van der Waals surface area contributed by atoms with Crippen LogP contribution in [0.3, 0.4) is 0 Å². The maximum absolute atomic E-state index is 12.1. The van der Waals surface area contributed by atoms with E-state index in [4.69, 9.17) is 16.0 Å². The van der Waals surface area contributed by atoms with Gasteiger partial charge in [0, 0.05) is 16.1 Å². The summed E-state index contributed by atoms with van der Waals surface area (Å²) in [5.41, 5.74) is 2.55. The molecule has 0 amide bonds. The highest BCUT2D eigenvalue weighted by molar-refractivity contribution is 7.99. The van der Waals surface area contributed by atoms with E-state index in [2.05, 4.69) is 10.2 Å². The summed E-state index contributed by atoms with van der Waals surface area (Å²) < 4.78 is 5.56. The average Bonchev–Trinajstić information content (AvgIpc) is 3.02. The molecule has 0 aliphatic heterocycles. The standard InChI is InChI=1S/C17H13ClN2O2S/c1-11-5-7-12(8-6-11)15(21)10-23-17-20-19-16(22-17)13-3-2-4-14(18)9-13/h2-9H,10H2,1H3. The molecule has 0 saturated heterocycles. The molecule has 6 heteroatoms. The fraction of sp³-hybridized carbons (Fsp3) is 0.118. The highest BCUT2D eigenvalue weighted by atomic mass is 35.5. The third-order valence-electron chi connectivity index (χ3n) is 3.18. The summed E-state index contributed by atoms with van der Waals surface area (Å²) in [6.07, 6.45) is 0. The predicted octanol–water partition coefficient (Wildman–Crippen LogP) is 4.67. The summed E-state index contributed by atoms with van der Waals surface area (Å²) in [5.74, 6) is 0.663. The monoisotopic (exact) mass is 344 g/mol. The molecule has 0 N–H and O–H groups in total. The number of halogens is 1. The lowest BCUT2D eigenvalue weighted by Crippen LogP contribution is -2.02. The molecular formula is C17H13ClN2O2S. The first-order chi connectivity index (χ1) is 11.1. The largest absolute Gasteiger partial charge is 0.411 e. The molecule has 3 aromatic rings. The summed E-state index contributed by atoms with van der Waals surface area (Å²) in [6, 6.07) is 14.7. The Bertz CT molecular complexity index is 831. The van der Waals surface area contributed by atoms with Crippen molar-refractivity contribution in [2.24, 2.45) is 0 Å². The van der Waals surface area contributed by atoms with E-state index in [0.29, 0.717) is 21.7 Å². The van der Waals surface area contributed by atoms with Gasteiger partial charge in [-0.25, -0.2) is 0 Å². The van der Waals surface area contributed by atoms with Crippen molar-refractivity contribution in [3.63, 3.8) is 0 Å². The maximum atomic E-state index is 12.1. The van der Waals surface area contributed by atoms with Crippen LogP contribution >= 0.6 is 23.4 Å². The zero-order valence-corrected chi connectivity index (χ0v) is 13.9. The molecule has 0 unspecified atom stereocenters. The van der Waals surface area contributed by atoms with Crippen LogP contribution in [0.2, 0.25) is 5.02 Å². The van der Waals surface area contributed by atoms with Gasteiger partial charge >= 0.3 is 0 Å². The first kappa shape index (κ1) is 15.8. The van der Waals surface area contributed by atoms with Gasteiger partial charge in [-0.15, -0.1) is 10.2 Å². The second-order valence-electron chi connectivity index (χ2n) is 4.96. The number of ketones is 1. The van der Waals surface area contributed by atoms with Crippen LogP contribution in [0.1, 0.15) is 15.9 Å². The highest BCUT2D eigenvalue weighted by Crippen LogP contribution is 2.25. The summed E-state index contributed by atoms with van der Waals surface area (Å²) >= 11 is 7.17. The zero-order valence-electron chi connectivity index (χ0n) is 12.3. The molecule has 0 radical (unpaired) electrons. The van der Waals surface area contributed by atoms with E-state index in [0.717, 1.165) is 11.1 Å². The number of benzene rings is 2. The summed E-state index contributed by atoms with van der Waals surface area (Å²) in [7, 11) is 0. The van der Waals surface area contributed by atoms with Crippen LogP contribution in [0, 0.1) is 6.92 Å². The zero-order chi connectivity index (χ0) is 16.2. The minimum atomic E-state index is 0.0255. The normalized spacial score (nSPS) is 10.7. The van der Waals surface area contributed by atoms with Crippen LogP contribution in [0.15, 0.2) is 58.2 Å². The Kier molecular flexibility index (Phi) is 4.79. The molecule has 0 bridgehead atoms. The lowest BCUT2D eigenvalue weighted by atomic mass is 10.1. The van der Waals surface area contributed by atoms with Crippen molar-refractivity contribution in [3.8, 4) is 11.5 Å². The SMILES string of the molecule is Cc1ccc(C(=O)CSc2nnc(-c3cccc(Cl)c3)o2)cc1. The van der Waals surface area contributed by atoms with Gasteiger partial charge in [0.25, 0.3) is 5.22 Å².